The van der Waals surface area contributed by atoms with Crippen LogP contribution in [0.25, 0.3) is 0 Å². The second kappa shape index (κ2) is 10.7. The first-order chi connectivity index (χ1) is 11.9. The van der Waals surface area contributed by atoms with E-state index in [1.807, 2.05) is 11.8 Å². The number of oxazole rings is 1. The van der Waals surface area contributed by atoms with Crippen LogP contribution in [0.3, 0.4) is 0 Å². The van der Waals surface area contributed by atoms with Crippen molar-refractivity contribution < 1.29 is 9.21 Å². The summed E-state index contributed by atoms with van der Waals surface area (Å²) >= 11 is 0. The third kappa shape index (κ3) is 7.13. The average molecular weight is 477 g/mol. The lowest BCUT2D eigenvalue weighted by molar-refractivity contribution is -0.127. The molecule has 0 bridgehead atoms. The molecule has 1 aliphatic rings. The van der Waals surface area contributed by atoms with Crippen molar-refractivity contribution in [3.8, 4) is 0 Å². The Morgan fingerprint density at radius 2 is 2.15 bits per heavy atom. The van der Waals surface area contributed by atoms with E-state index in [9.17, 15) is 4.79 Å². The highest BCUT2D eigenvalue weighted by molar-refractivity contribution is 14.0. The van der Waals surface area contributed by atoms with Gasteiger partial charge in [-0.05, 0) is 19.8 Å². The SMILES string of the molecule is CCNC(=NCc1ncc(C(C)(C)C)o1)NCCCN1CCCC1=O.I. The highest BCUT2D eigenvalue weighted by atomic mass is 127. The molecule has 1 aromatic rings. The largest absolute Gasteiger partial charge is 0.443 e. The molecule has 8 heteroatoms. The van der Waals surface area contributed by atoms with Gasteiger partial charge in [0.15, 0.2) is 5.96 Å². The molecule has 1 aromatic heterocycles. The maximum atomic E-state index is 11.6. The molecule has 1 amide bonds. The lowest BCUT2D eigenvalue weighted by Gasteiger charge is -2.16. The number of aliphatic imine (C=N–C) groups is 1. The van der Waals surface area contributed by atoms with E-state index in [0.29, 0.717) is 18.9 Å². The fourth-order valence-corrected chi connectivity index (χ4v) is 2.64. The summed E-state index contributed by atoms with van der Waals surface area (Å²) in [7, 11) is 0. The van der Waals surface area contributed by atoms with Gasteiger partial charge >= 0.3 is 0 Å². The lowest BCUT2D eigenvalue weighted by Crippen LogP contribution is -2.39. The molecule has 2 N–H and O–H groups in total. The Balaban J connectivity index is 0.00000338. The Bertz CT molecular complexity index is 595. The summed E-state index contributed by atoms with van der Waals surface area (Å²) in [5.74, 6) is 2.50. The van der Waals surface area contributed by atoms with Crippen LogP contribution in [0.4, 0.5) is 0 Å². The molecule has 0 aromatic carbocycles. The molecule has 0 atom stereocenters. The summed E-state index contributed by atoms with van der Waals surface area (Å²) in [5, 5.41) is 6.51. The van der Waals surface area contributed by atoms with Gasteiger partial charge in [-0.15, -0.1) is 24.0 Å². The van der Waals surface area contributed by atoms with Crippen molar-refractivity contribution in [3.63, 3.8) is 0 Å². The van der Waals surface area contributed by atoms with Gasteiger partial charge in [0.1, 0.15) is 12.3 Å². The number of guanidine groups is 1. The lowest BCUT2D eigenvalue weighted by atomic mass is 9.94. The van der Waals surface area contributed by atoms with Crippen LogP contribution in [0, 0.1) is 0 Å². The predicted octanol–water partition coefficient (Wildman–Crippen LogP) is 2.66. The van der Waals surface area contributed by atoms with E-state index in [4.69, 9.17) is 4.42 Å². The Morgan fingerprint density at radius 3 is 2.73 bits per heavy atom. The fourth-order valence-electron chi connectivity index (χ4n) is 2.64. The molecule has 7 nitrogen and oxygen atoms in total. The Hall–Kier alpha value is -1.32. The number of rotatable bonds is 7. The molecule has 1 saturated heterocycles. The van der Waals surface area contributed by atoms with E-state index in [1.54, 1.807) is 6.20 Å². The minimum Gasteiger partial charge on any atom is -0.443 e. The topological polar surface area (TPSA) is 82.8 Å². The summed E-state index contributed by atoms with van der Waals surface area (Å²) in [4.78, 5) is 22.3. The number of nitrogens with zero attached hydrogens (tertiary/aromatic N) is 3. The van der Waals surface area contributed by atoms with E-state index in [-0.39, 0.29) is 35.3 Å². The summed E-state index contributed by atoms with van der Waals surface area (Å²) in [5.41, 5.74) is -0.0509. The summed E-state index contributed by atoms with van der Waals surface area (Å²) in [6.45, 7) is 12.0. The Labute approximate surface area is 173 Å². The molecule has 148 valence electrons. The third-order valence-electron chi connectivity index (χ3n) is 4.08. The van der Waals surface area contributed by atoms with E-state index in [1.165, 1.54) is 0 Å². The van der Waals surface area contributed by atoms with Gasteiger partial charge in [0, 0.05) is 38.0 Å². The van der Waals surface area contributed by atoms with Crippen LogP contribution in [0.2, 0.25) is 0 Å². The standard InChI is InChI=1S/C18H31N5O2.HI/c1-5-19-17(20-9-7-11-23-10-6-8-16(23)24)22-13-15-21-12-14(25-15)18(2,3)4;/h12H,5-11,13H2,1-4H3,(H2,19,20,22);1H. The minimum absolute atomic E-state index is 0. The summed E-state index contributed by atoms with van der Waals surface area (Å²) in [6, 6.07) is 0. The van der Waals surface area contributed by atoms with Gasteiger partial charge in [-0.2, -0.15) is 0 Å². The molecule has 0 aliphatic carbocycles. The number of aromatic nitrogens is 1. The van der Waals surface area contributed by atoms with Gasteiger partial charge in [-0.3, -0.25) is 4.79 Å². The van der Waals surface area contributed by atoms with Gasteiger partial charge < -0.3 is 20.0 Å². The number of hydrogen-bond acceptors (Lipinski definition) is 4. The first-order valence-corrected chi connectivity index (χ1v) is 9.15. The second-order valence-corrected chi connectivity index (χ2v) is 7.33. The molecule has 0 radical (unpaired) electrons. The third-order valence-corrected chi connectivity index (χ3v) is 4.08. The van der Waals surface area contributed by atoms with Crippen molar-refractivity contribution in [2.45, 2.75) is 58.9 Å². The van der Waals surface area contributed by atoms with Gasteiger partial charge in [-0.25, -0.2) is 9.98 Å². The summed E-state index contributed by atoms with van der Waals surface area (Å²) in [6.07, 6.45) is 4.37. The first kappa shape index (κ1) is 22.7. The monoisotopic (exact) mass is 477 g/mol. The van der Waals surface area contributed by atoms with Crippen molar-refractivity contribution in [2.75, 3.05) is 26.2 Å². The van der Waals surface area contributed by atoms with Crippen LogP contribution < -0.4 is 10.6 Å². The zero-order valence-corrected chi connectivity index (χ0v) is 18.6. The molecule has 1 aliphatic heterocycles. The van der Waals surface area contributed by atoms with Crippen LogP contribution in [0.15, 0.2) is 15.6 Å². The van der Waals surface area contributed by atoms with Crippen molar-refractivity contribution >= 4 is 35.8 Å². The van der Waals surface area contributed by atoms with Crippen LogP contribution in [0.1, 0.15) is 58.6 Å². The zero-order valence-electron chi connectivity index (χ0n) is 16.3. The highest BCUT2D eigenvalue weighted by Crippen LogP contribution is 2.22. The highest BCUT2D eigenvalue weighted by Gasteiger charge is 2.20. The number of amides is 1. The zero-order chi connectivity index (χ0) is 18.3. The van der Waals surface area contributed by atoms with E-state index in [2.05, 4.69) is 41.4 Å². The molecule has 0 spiro atoms. The quantitative estimate of drug-likeness (QED) is 0.273. The van der Waals surface area contributed by atoms with Gasteiger partial charge in [0.05, 0.1) is 6.20 Å². The van der Waals surface area contributed by atoms with Crippen LogP contribution in [-0.4, -0.2) is 47.9 Å². The van der Waals surface area contributed by atoms with Gasteiger partial charge in [0.2, 0.25) is 11.8 Å². The number of carbonyl (C=O) groups is 1. The predicted molar refractivity (Wildman–Crippen MR) is 114 cm³/mol. The minimum atomic E-state index is -0.0509. The van der Waals surface area contributed by atoms with E-state index in [0.717, 1.165) is 50.7 Å². The first-order valence-electron chi connectivity index (χ1n) is 9.15. The number of nitrogens with one attached hydrogen (secondary N) is 2. The number of halogens is 1. The van der Waals surface area contributed by atoms with Crippen molar-refractivity contribution in [1.29, 1.82) is 0 Å². The molecule has 0 saturated carbocycles. The van der Waals surface area contributed by atoms with Crippen LogP contribution in [-0.2, 0) is 16.8 Å². The molecule has 1 fully saturated rings. The van der Waals surface area contributed by atoms with E-state index >= 15 is 0 Å². The van der Waals surface area contributed by atoms with Crippen molar-refractivity contribution in [3.05, 3.63) is 17.8 Å². The normalized spacial score (nSPS) is 15.2. The van der Waals surface area contributed by atoms with Gasteiger partial charge in [-0.1, -0.05) is 20.8 Å². The molecule has 2 rings (SSSR count). The van der Waals surface area contributed by atoms with E-state index < -0.39 is 0 Å². The average Bonchev–Trinajstić information content (AvgIpc) is 3.18. The van der Waals surface area contributed by atoms with Gasteiger partial charge in [0.25, 0.3) is 0 Å². The molecule has 26 heavy (non-hydrogen) atoms. The summed E-state index contributed by atoms with van der Waals surface area (Å²) < 4.78 is 5.76. The van der Waals surface area contributed by atoms with Crippen molar-refractivity contribution in [1.82, 2.24) is 20.5 Å². The number of likely N-dealkylation sites (tertiary alicyclic amines) is 1. The molecule has 2 heterocycles. The molecular formula is C18H32IN5O2. The second-order valence-electron chi connectivity index (χ2n) is 7.33. The fraction of sp³-hybridized carbons (Fsp3) is 0.722. The molecule has 0 unspecified atom stereocenters. The Morgan fingerprint density at radius 1 is 1.38 bits per heavy atom. The van der Waals surface area contributed by atoms with Crippen LogP contribution in [0.5, 0.6) is 0 Å². The maximum absolute atomic E-state index is 11.6. The van der Waals surface area contributed by atoms with Crippen molar-refractivity contribution in [2.24, 2.45) is 4.99 Å². The smallest absolute Gasteiger partial charge is 0.222 e. The Kier molecular flexibility index (Phi) is 9.38. The van der Waals surface area contributed by atoms with Crippen LogP contribution >= 0.6 is 24.0 Å². The maximum Gasteiger partial charge on any atom is 0.222 e. The number of carbonyl (C=O) groups excluding carboxylic acids is 1. The molecular weight excluding hydrogens is 445 g/mol. The number of hydrogen-bond donors (Lipinski definition) is 2.